The largest absolute Gasteiger partial charge is 0.493 e. The normalized spacial score (nSPS) is 17.9. The van der Waals surface area contributed by atoms with Gasteiger partial charge in [0.1, 0.15) is 5.75 Å². The van der Waals surface area contributed by atoms with E-state index in [0.717, 1.165) is 62.3 Å². The van der Waals surface area contributed by atoms with E-state index < -0.39 is 0 Å². The second kappa shape index (κ2) is 4.79. The van der Waals surface area contributed by atoms with Gasteiger partial charge >= 0.3 is 0 Å². The molecule has 0 amide bonds. The Kier molecular flexibility index (Phi) is 2.81. The van der Waals surface area contributed by atoms with Gasteiger partial charge in [-0.3, -0.25) is 5.10 Å². The molecule has 2 aromatic rings. The zero-order chi connectivity index (χ0) is 13.4. The SMILES string of the molecule is c1cc2c(cc1-c1nc(N3CCNCC3)n[nH]1)CCO2. The molecule has 2 aliphatic rings. The van der Waals surface area contributed by atoms with Crippen molar-refractivity contribution in [2.45, 2.75) is 6.42 Å². The Morgan fingerprint density at radius 2 is 2.10 bits per heavy atom. The quantitative estimate of drug-likeness (QED) is 0.846. The second-order valence-electron chi connectivity index (χ2n) is 5.14. The molecule has 0 saturated carbocycles. The predicted octanol–water partition coefficient (Wildman–Crippen LogP) is 0.816. The molecule has 1 saturated heterocycles. The van der Waals surface area contributed by atoms with Gasteiger partial charge < -0.3 is 15.0 Å². The number of aromatic amines is 1. The van der Waals surface area contributed by atoms with Gasteiger partial charge in [-0.25, -0.2) is 0 Å². The third-order valence-corrected chi connectivity index (χ3v) is 3.84. The maximum Gasteiger partial charge on any atom is 0.245 e. The van der Waals surface area contributed by atoms with Gasteiger partial charge in [0.05, 0.1) is 6.61 Å². The highest BCUT2D eigenvalue weighted by atomic mass is 16.5. The first kappa shape index (κ1) is 11.7. The van der Waals surface area contributed by atoms with Gasteiger partial charge in [0.15, 0.2) is 5.82 Å². The predicted molar refractivity (Wildman–Crippen MR) is 76.1 cm³/mol. The lowest BCUT2D eigenvalue weighted by Crippen LogP contribution is -2.44. The van der Waals surface area contributed by atoms with Gasteiger partial charge in [-0.05, 0) is 23.8 Å². The highest BCUT2D eigenvalue weighted by Gasteiger charge is 2.17. The minimum absolute atomic E-state index is 0.779. The molecule has 4 rings (SSSR count). The van der Waals surface area contributed by atoms with Crippen LogP contribution in [0.2, 0.25) is 0 Å². The van der Waals surface area contributed by atoms with E-state index in [2.05, 4.69) is 31.5 Å². The van der Waals surface area contributed by atoms with Crippen molar-refractivity contribution in [2.75, 3.05) is 37.7 Å². The highest BCUT2D eigenvalue weighted by molar-refractivity contribution is 5.60. The smallest absolute Gasteiger partial charge is 0.245 e. The number of hydrogen-bond acceptors (Lipinski definition) is 5. The number of ether oxygens (including phenoxy) is 1. The summed E-state index contributed by atoms with van der Waals surface area (Å²) in [6.45, 7) is 4.66. The molecule has 3 heterocycles. The standard InChI is InChI=1S/C14H17N5O/c1-2-12-10(3-8-20-12)9-11(1)13-16-14(18-17-13)19-6-4-15-5-7-19/h1-2,9,15H,3-8H2,(H,16,17,18). The molecule has 0 aliphatic carbocycles. The van der Waals surface area contributed by atoms with Crippen LogP contribution in [0.3, 0.4) is 0 Å². The van der Waals surface area contributed by atoms with Crippen LogP contribution in [0.4, 0.5) is 5.95 Å². The molecule has 1 fully saturated rings. The van der Waals surface area contributed by atoms with Crippen LogP contribution < -0.4 is 15.0 Å². The van der Waals surface area contributed by atoms with E-state index in [0.29, 0.717) is 0 Å². The van der Waals surface area contributed by atoms with Crippen molar-refractivity contribution in [2.24, 2.45) is 0 Å². The Bertz CT molecular complexity index is 618. The molecule has 0 bridgehead atoms. The lowest BCUT2D eigenvalue weighted by molar-refractivity contribution is 0.357. The summed E-state index contributed by atoms with van der Waals surface area (Å²) in [5.74, 6) is 2.61. The van der Waals surface area contributed by atoms with Crippen LogP contribution in [-0.2, 0) is 6.42 Å². The van der Waals surface area contributed by atoms with E-state index >= 15 is 0 Å². The van der Waals surface area contributed by atoms with Crippen molar-refractivity contribution < 1.29 is 4.74 Å². The fourth-order valence-electron chi connectivity index (χ4n) is 2.72. The average Bonchev–Trinajstić information content (AvgIpc) is 3.16. The van der Waals surface area contributed by atoms with Crippen LogP contribution in [0.1, 0.15) is 5.56 Å². The first-order valence-electron chi connectivity index (χ1n) is 7.04. The van der Waals surface area contributed by atoms with Crippen molar-refractivity contribution in [1.82, 2.24) is 20.5 Å². The average molecular weight is 271 g/mol. The van der Waals surface area contributed by atoms with Crippen LogP contribution in [-0.4, -0.2) is 48.0 Å². The van der Waals surface area contributed by atoms with Gasteiger partial charge in [0, 0.05) is 38.2 Å². The van der Waals surface area contributed by atoms with Gasteiger partial charge in [-0.15, -0.1) is 5.10 Å². The molecule has 0 atom stereocenters. The van der Waals surface area contributed by atoms with E-state index in [1.54, 1.807) is 0 Å². The van der Waals surface area contributed by atoms with E-state index in [-0.39, 0.29) is 0 Å². The second-order valence-corrected chi connectivity index (χ2v) is 5.14. The zero-order valence-corrected chi connectivity index (χ0v) is 11.2. The van der Waals surface area contributed by atoms with Crippen LogP contribution in [0.5, 0.6) is 5.75 Å². The summed E-state index contributed by atoms with van der Waals surface area (Å²) in [6, 6.07) is 6.20. The minimum Gasteiger partial charge on any atom is -0.493 e. The topological polar surface area (TPSA) is 66.1 Å². The number of nitrogens with zero attached hydrogens (tertiary/aromatic N) is 3. The molecule has 0 radical (unpaired) electrons. The molecular formula is C14H17N5O. The number of fused-ring (bicyclic) bond motifs is 1. The molecule has 6 nitrogen and oxygen atoms in total. The van der Waals surface area contributed by atoms with Crippen molar-refractivity contribution in [3.8, 4) is 17.1 Å². The third-order valence-electron chi connectivity index (χ3n) is 3.84. The number of rotatable bonds is 2. The molecule has 6 heteroatoms. The van der Waals surface area contributed by atoms with Crippen LogP contribution in [0.25, 0.3) is 11.4 Å². The Hall–Kier alpha value is -2.08. The third kappa shape index (κ3) is 2.02. The van der Waals surface area contributed by atoms with Gasteiger partial charge in [-0.2, -0.15) is 4.98 Å². The lowest BCUT2D eigenvalue weighted by atomic mass is 10.1. The summed E-state index contributed by atoms with van der Waals surface area (Å²) in [4.78, 5) is 6.82. The first-order chi connectivity index (χ1) is 9.90. The molecule has 1 aromatic heterocycles. The Morgan fingerprint density at radius 3 is 3.00 bits per heavy atom. The number of nitrogens with one attached hydrogen (secondary N) is 2. The van der Waals surface area contributed by atoms with Crippen molar-refractivity contribution in [1.29, 1.82) is 0 Å². The lowest BCUT2D eigenvalue weighted by Gasteiger charge is -2.25. The minimum atomic E-state index is 0.779. The number of aromatic nitrogens is 3. The van der Waals surface area contributed by atoms with E-state index in [1.807, 2.05) is 12.1 Å². The summed E-state index contributed by atoms with van der Waals surface area (Å²) < 4.78 is 5.53. The number of hydrogen-bond donors (Lipinski definition) is 2. The summed E-state index contributed by atoms with van der Waals surface area (Å²) in [6.07, 6.45) is 0.974. The number of benzene rings is 1. The summed E-state index contributed by atoms with van der Waals surface area (Å²) in [5, 5.41) is 10.7. The van der Waals surface area contributed by atoms with E-state index in [9.17, 15) is 0 Å². The Balaban J connectivity index is 1.61. The Morgan fingerprint density at radius 1 is 1.20 bits per heavy atom. The fourth-order valence-corrected chi connectivity index (χ4v) is 2.72. The van der Waals surface area contributed by atoms with Gasteiger partial charge in [0.25, 0.3) is 0 Å². The van der Waals surface area contributed by atoms with Crippen molar-refractivity contribution >= 4 is 5.95 Å². The summed E-state index contributed by atoms with van der Waals surface area (Å²) in [5.41, 5.74) is 2.32. The molecule has 2 aliphatic heterocycles. The summed E-state index contributed by atoms with van der Waals surface area (Å²) >= 11 is 0. The molecule has 104 valence electrons. The number of anilines is 1. The van der Waals surface area contributed by atoms with Gasteiger partial charge in [0.2, 0.25) is 5.95 Å². The van der Waals surface area contributed by atoms with Crippen LogP contribution in [0, 0.1) is 0 Å². The summed E-state index contributed by atoms with van der Waals surface area (Å²) in [7, 11) is 0. The molecule has 2 N–H and O–H groups in total. The molecule has 20 heavy (non-hydrogen) atoms. The number of H-pyrrole nitrogens is 1. The zero-order valence-electron chi connectivity index (χ0n) is 11.2. The van der Waals surface area contributed by atoms with Crippen LogP contribution in [0.15, 0.2) is 18.2 Å². The monoisotopic (exact) mass is 271 g/mol. The van der Waals surface area contributed by atoms with Crippen LogP contribution >= 0.6 is 0 Å². The van der Waals surface area contributed by atoms with Gasteiger partial charge in [-0.1, -0.05) is 0 Å². The maximum absolute atomic E-state index is 5.53. The molecular weight excluding hydrogens is 254 g/mol. The van der Waals surface area contributed by atoms with Crippen molar-refractivity contribution in [3.05, 3.63) is 23.8 Å². The molecule has 1 aromatic carbocycles. The van der Waals surface area contributed by atoms with E-state index in [1.165, 1.54) is 5.56 Å². The first-order valence-corrected chi connectivity index (χ1v) is 7.04. The molecule has 0 spiro atoms. The maximum atomic E-state index is 5.53. The molecule has 0 unspecified atom stereocenters. The Labute approximate surface area is 117 Å². The van der Waals surface area contributed by atoms with E-state index in [4.69, 9.17) is 4.74 Å². The fraction of sp³-hybridized carbons (Fsp3) is 0.429. The van der Waals surface area contributed by atoms with Crippen molar-refractivity contribution in [3.63, 3.8) is 0 Å². The highest BCUT2D eigenvalue weighted by Crippen LogP contribution is 2.29. The number of piperazine rings is 1.